The van der Waals surface area contributed by atoms with Crippen molar-refractivity contribution in [3.05, 3.63) is 0 Å². The zero-order valence-corrected chi connectivity index (χ0v) is 4.01. The van der Waals surface area contributed by atoms with Crippen molar-refractivity contribution >= 4 is 13.7 Å². The summed E-state index contributed by atoms with van der Waals surface area (Å²) in [5, 5.41) is 0. The monoisotopic (exact) mass is 103 g/mol. The Balaban J connectivity index is 2.82. The molecule has 0 saturated carbocycles. The Morgan fingerprint density at radius 1 is 1.86 bits per heavy atom. The SMILES string of the molecule is BC(=O)OCON. The highest BCUT2D eigenvalue weighted by molar-refractivity contribution is 6.55. The lowest BCUT2D eigenvalue weighted by molar-refractivity contribution is -0.00719. The Labute approximate surface area is 41.9 Å². The van der Waals surface area contributed by atoms with E-state index in [0.29, 0.717) is 0 Å². The van der Waals surface area contributed by atoms with Crippen molar-refractivity contribution in [1.82, 2.24) is 0 Å². The number of rotatable bonds is 2. The van der Waals surface area contributed by atoms with Gasteiger partial charge in [-0.15, -0.1) is 0 Å². The largest absolute Gasteiger partial charge is 0.445 e. The summed E-state index contributed by atoms with van der Waals surface area (Å²) in [6, 6.07) is 0. The molecule has 0 aliphatic rings. The van der Waals surface area contributed by atoms with E-state index >= 15 is 0 Å². The van der Waals surface area contributed by atoms with Gasteiger partial charge in [-0.05, 0) is 0 Å². The highest BCUT2D eigenvalue weighted by Gasteiger charge is 1.86. The second-order valence-corrected chi connectivity index (χ2v) is 0.920. The van der Waals surface area contributed by atoms with E-state index in [2.05, 4.69) is 15.5 Å². The van der Waals surface area contributed by atoms with Crippen molar-refractivity contribution in [2.45, 2.75) is 0 Å². The van der Waals surface area contributed by atoms with Gasteiger partial charge in [0.25, 0.3) is 0 Å². The van der Waals surface area contributed by atoms with Gasteiger partial charge in [0.05, 0.1) is 0 Å². The number of nitrogens with two attached hydrogens (primary N) is 1. The van der Waals surface area contributed by atoms with Crippen molar-refractivity contribution in [2.75, 3.05) is 6.79 Å². The summed E-state index contributed by atoms with van der Waals surface area (Å²) in [4.78, 5) is 13.8. The summed E-state index contributed by atoms with van der Waals surface area (Å²) < 4.78 is 4.20. The van der Waals surface area contributed by atoms with E-state index in [1.165, 1.54) is 7.85 Å². The number of carbonyl (C=O) groups excluding carboxylic acids is 1. The molecule has 0 radical (unpaired) electrons. The van der Waals surface area contributed by atoms with E-state index in [1.54, 1.807) is 0 Å². The van der Waals surface area contributed by atoms with E-state index in [0.717, 1.165) is 0 Å². The van der Waals surface area contributed by atoms with Crippen LogP contribution in [0.2, 0.25) is 0 Å². The van der Waals surface area contributed by atoms with Gasteiger partial charge in [-0.25, -0.2) is 5.90 Å². The Morgan fingerprint density at radius 3 is 2.57 bits per heavy atom. The quantitative estimate of drug-likeness (QED) is 0.265. The Morgan fingerprint density at radius 2 is 2.43 bits per heavy atom. The summed E-state index contributed by atoms with van der Waals surface area (Å²) in [6.45, 7) is -0.171. The van der Waals surface area contributed by atoms with Gasteiger partial charge < -0.3 is 4.74 Å². The van der Waals surface area contributed by atoms with Crippen LogP contribution in [0.4, 0.5) is 4.79 Å². The molecule has 0 aliphatic heterocycles. The van der Waals surface area contributed by atoms with Crippen LogP contribution in [0.1, 0.15) is 0 Å². The smallest absolute Gasteiger partial charge is 0.245 e. The molecule has 0 bridgehead atoms. The molecule has 40 valence electrons. The molecule has 0 aliphatic carbocycles. The van der Waals surface area contributed by atoms with Crippen molar-refractivity contribution in [1.29, 1.82) is 0 Å². The highest BCUT2D eigenvalue weighted by atomic mass is 16.7. The fraction of sp³-hybridized carbons (Fsp3) is 0.500. The van der Waals surface area contributed by atoms with Crippen LogP contribution in [0.5, 0.6) is 0 Å². The van der Waals surface area contributed by atoms with E-state index < -0.39 is 5.87 Å². The molecule has 0 saturated heterocycles. The molecule has 2 N–H and O–H groups in total. The Hall–Kier alpha value is -0.545. The fourth-order valence-electron chi connectivity index (χ4n) is 0.117. The minimum Gasteiger partial charge on any atom is -0.445 e. The van der Waals surface area contributed by atoms with Crippen molar-refractivity contribution in [3.63, 3.8) is 0 Å². The second-order valence-electron chi connectivity index (χ2n) is 0.920. The van der Waals surface area contributed by atoms with Gasteiger partial charge >= 0.3 is 0 Å². The van der Waals surface area contributed by atoms with Crippen LogP contribution >= 0.6 is 0 Å². The van der Waals surface area contributed by atoms with Gasteiger partial charge in [-0.1, -0.05) is 0 Å². The fourth-order valence-corrected chi connectivity index (χ4v) is 0.117. The number of hydrogen-bond donors (Lipinski definition) is 1. The van der Waals surface area contributed by atoms with Crippen LogP contribution in [0, 0.1) is 0 Å². The van der Waals surface area contributed by atoms with E-state index in [1.807, 2.05) is 0 Å². The molecule has 0 rings (SSSR count). The standard InChI is InChI=1S/C2H6BNO3/c3-2(5)6-1-7-4/h1,3-4H2. The molecule has 0 spiro atoms. The minimum atomic E-state index is -0.398. The molecule has 0 amide bonds. The van der Waals surface area contributed by atoms with Crippen LogP contribution < -0.4 is 5.90 Å². The van der Waals surface area contributed by atoms with Crippen LogP contribution in [-0.2, 0) is 9.57 Å². The zero-order valence-electron chi connectivity index (χ0n) is 4.01. The third-order valence-corrected chi connectivity index (χ3v) is 0.330. The maximum atomic E-state index is 9.84. The summed E-state index contributed by atoms with van der Waals surface area (Å²) in [5.41, 5.74) is 0. The van der Waals surface area contributed by atoms with Crippen LogP contribution in [0.15, 0.2) is 0 Å². The van der Waals surface area contributed by atoms with Gasteiger partial charge in [0, 0.05) is 0 Å². The molecule has 0 heterocycles. The number of hydrogen-bond acceptors (Lipinski definition) is 4. The summed E-state index contributed by atoms with van der Waals surface area (Å²) in [5.74, 6) is 4.10. The predicted molar refractivity (Wildman–Crippen MR) is 25.2 cm³/mol. The summed E-state index contributed by atoms with van der Waals surface area (Å²) in [6.07, 6.45) is 0. The second kappa shape index (κ2) is 3.64. The van der Waals surface area contributed by atoms with E-state index in [-0.39, 0.29) is 6.79 Å². The highest BCUT2D eigenvalue weighted by Crippen LogP contribution is 1.70. The normalized spacial score (nSPS) is 8.14. The van der Waals surface area contributed by atoms with Crippen LogP contribution in [0.3, 0.4) is 0 Å². The van der Waals surface area contributed by atoms with Gasteiger partial charge in [0.15, 0.2) is 0 Å². The van der Waals surface area contributed by atoms with Gasteiger partial charge in [-0.2, -0.15) is 0 Å². The van der Waals surface area contributed by atoms with Gasteiger partial charge in [0.2, 0.25) is 20.5 Å². The first-order valence-corrected chi connectivity index (χ1v) is 1.72. The summed E-state index contributed by atoms with van der Waals surface area (Å²) >= 11 is 0. The molecule has 5 heteroatoms. The Kier molecular flexibility index (Phi) is 3.35. The minimum absolute atomic E-state index is 0.171. The third-order valence-electron chi connectivity index (χ3n) is 0.330. The molecule has 0 atom stereocenters. The lowest BCUT2D eigenvalue weighted by Gasteiger charge is -1.94. The molecule has 0 unspecified atom stereocenters. The molecular formula is C2H6BNO3. The molecule has 0 aromatic carbocycles. The maximum absolute atomic E-state index is 9.84. The van der Waals surface area contributed by atoms with E-state index in [4.69, 9.17) is 0 Å². The predicted octanol–water partition coefficient (Wildman–Crippen LogP) is -1.40. The first-order valence-electron chi connectivity index (χ1n) is 1.72. The Bertz CT molecular complexity index is 66.0. The zero-order chi connectivity index (χ0) is 5.70. The lowest BCUT2D eigenvalue weighted by atomic mass is 10.2. The molecule has 4 nitrogen and oxygen atoms in total. The van der Waals surface area contributed by atoms with E-state index in [9.17, 15) is 4.79 Å². The topological polar surface area (TPSA) is 61.5 Å². The molecular weight excluding hydrogens is 96.8 g/mol. The molecule has 0 fully saturated rings. The molecule has 7 heavy (non-hydrogen) atoms. The molecule has 0 aromatic heterocycles. The summed E-state index contributed by atoms with van der Waals surface area (Å²) in [7, 11) is 1.28. The third kappa shape index (κ3) is 5.45. The van der Waals surface area contributed by atoms with Crippen molar-refractivity contribution in [2.24, 2.45) is 5.90 Å². The average Bonchev–Trinajstić information content (AvgIpc) is 1.61. The van der Waals surface area contributed by atoms with Crippen molar-refractivity contribution < 1.29 is 14.4 Å². The van der Waals surface area contributed by atoms with Crippen molar-refractivity contribution in [3.8, 4) is 0 Å². The number of carbonyl (C=O) groups is 1. The average molecular weight is 103 g/mol. The lowest BCUT2D eigenvalue weighted by Crippen LogP contribution is -2.09. The van der Waals surface area contributed by atoms with Crippen LogP contribution in [-0.4, -0.2) is 20.5 Å². The van der Waals surface area contributed by atoms with Gasteiger partial charge in [0.1, 0.15) is 0 Å². The first-order chi connectivity index (χ1) is 3.27. The maximum Gasteiger partial charge on any atom is 0.245 e. The van der Waals surface area contributed by atoms with Gasteiger partial charge in [-0.3, -0.25) is 9.63 Å². The molecule has 0 aromatic rings. The number of ether oxygens (including phenoxy) is 1. The van der Waals surface area contributed by atoms with Crippen LogP contribution in [0.25, 0.3) is 0 Å². The first kappa shape index (κ1) is 6.45.